The van der Waals surface area contributed by atoms with Crippen LogP contribution in [0.3, 0.4) is 0 Å². The molecule has 1 aromatic rings. The highest BCUT2D eigenvalue weighted by atomic mass is 35.5. The average Bonchev–Trinajstić information content (AvgIpc) is 2.45. The Labute approximate surface area is 133 Å². The molecule has 0 saturated heterocycles. The summed E-state index contributed by atoms with van der Waals surface area (Å²) in [5, 5.41) is 8.87. The lowest BCUT2D eigenvalue weighted by Gasteiger charge is -2.26. The lowest BCUT2D eigenvalue weighted by molar-refractivity contribution is 0.391. The summed E-state index contributed by atoms with van der Waals surface area (Å²) in [5.41, 5.74) is 6.47. The SMILES string of the molecule is CCC(N)(CC)CNS(=O)(=O)c1cc(C#N)ccc1C.Cl. The zero-order chi connectivity index (χ0) is 15.4. The first-order valence-corrected chi connectivity index (χ1v) is 8.05. The molecule has 0 unspecified atom stereocenters. The second-order valence-electron chi connectivity index (χ2n) is 4.99. The van der Waals surface area contributed by atoms with E-state index in [9.17, 15) is 8.42 Å². The van der Waals surface area contributed by atoms with E-state index in [0.717, 1.165) is 0 Å². The summed E-state index contributed by atoms with van der Waals surface area (Å²) in [6, 6.07) is 6.55. The van der Waals surface area contributed by atoms with Gasteiger partial charge in [0.15, 0.2) is 0 Å². The Morgan fingerprint density at radius 1 is 1.33 bits per heavy atom. The smallest absolute Gasteiger partial charge is 0.240 e. The number of benzene rings is 1. The van der Waals surface area contributed by atoms with E-state index >= 15 is 0 Å². The predicted molar refractivity (Wildman–Crippen MR) is 85.8 cm³/mol. The molecule has 7 heteroatoms. The van der Waals surface area contributed by atoms with Crippen LogP contribution in [0.4, 0.5) is 0 Å². The molecule has 0 fully saturated rings. The van der Waals surface area contributed by atoms with Crippen molar-refractivity contribution in [2.24, 2.45) is 5.73 Å². The highest BCUT2D eigenvalue weighted by Gasteiger charge is 2.25. The van der Waals surface area contributed by atoms with Crippen LogP contribution in [0.15, 0.2) is 23.1 Å². The van der Waals surface area contributed by atoms with E-state index < -0.39 is 15.6 Å². The Morgan fingerprint density at radius 2 is 1.90 bits per heavy atom. The molecule has 3 N–H and O–H groups in total. The third-order valence-electron chi connectivity index (χ3n) is 3.63. The number of rotatable bonds is 6. The van der Waals surface area contributed by atoms with Gasteiger partial charge in [-0.05, 0) is 37.5 Å². The summed E-state index contributed by atoms with van der Waals surface area (Å²) in [6.07, 6.45) is 1.37. The van der Waals surface area contributed by atoms with E-state index in [-0.39, 0.29) is 23.8 Å². The Hall–Kier alpha value is -1.13. The number of hydrogen-bond donors (Lipinski definition) is 2. The van der Waals surface area contributed by atoms with E-state index in [1.165, 1.54) is 6.07 Å². The van der Waals surface area contributed by atoms with Gasteiger partial charge in [-0.3, -0.25) is 0 Å². The van der Waals surface area contributed by atoms with Crippen molar-refractivity contribution >= 4 is 22.4 Å². The summed E-state index contributed by atoms with van der Waals surface area (Å²) in [6.45, 7) is 5.74. The highest BCUT2D eigenvalue weighted by Crippen LogP contribution is 2.18. The van der Waals surface area contributed by atoms with Crippen molar-refractivity contribution in [2.75, 3.05) is 6.54 Å². The fraction of sp³-hybridized carbons (Fsp3) is 0.500. The topological polar surface area (TPSA) is 96.0 Å². The first kappa shape index (κ1) is 19.9. The maximum absolute atomic E-state index is 12.3. The number of nitrogens with zero attached hydrogens (tertiary/aromatic N) is 1. The molecule has 0 saturated carbocycles. The van der Waals surface area contributed by atoms with Crippen molar-refractivity contribution in [3.63, 3.8) is 0 Å². The van der Waals surface area contributed by atoms with Gasteiger partial charge in [0, 0.05) is 12.1 Å². The van der Waals surface area contributed by atoms with Crippen molar-refractivity contribution in [3.05, 3.63) is 29.3 Å². The van der Waals surface area contributed by atoms with E-state index in [2.05, 4.69) is 4.72 Å². The molecule has 0 heterocycles. The van der Waals surface area contributed by atoms with E-state index in [4.69, 9.17) is 11.0 Å². The van der Waals surface area contributed by atoms with Gasteiger partial charge >= 0.3 is 0 Å². The Bertz CT molecular complexity index is 620. The summed E-state index contributed by atoms with van der Waals surface area (Å²) in [4.78, 5) is 0.131. The monoisotopic (exact) mass is 331 g/mol. The minimum Gasteiger partial charge on any atom is -0.324 e. The van der Waals surface area contributed by atoms with Crippen LogP contribution in [0.25, 0.3) is 0 Å². The normalized spacial score (nSPS) is 11.6. The quantitative estimate of drug-likeness (QED) is 0.834. The van der Waals surface area contributed by atoms with Crippen LogP contribution in [0.2, 0.25) is 0 Å². The first-order chi connectivity index (χ1) is 9.28. The fourth-order valence-electron chi connectivity index (χ4n) is 1.78. The summed E-state index contributed by atoms with van der Waals surface area (Å²) >= 11 is 0. The zero-order valence-corrected chi connectivity index (χ0v) is 14.1. The van der Waals surface area contributed by atoms with Gasteiger partial charge in [0.1, 0.15) is 0 Å². The lowest BCUT2D eigenvalue weighted by Crippen LogP contribution is -2.49. The van der Waals surface area contributed by atoms with Gasteiger partial charge in [-0.1, -0.05) is 19.9 Å². The van der Waals surface area contributed by atoms with E-state index in [1.54, 1.807) is 19.1 Å². The molecule has 0 spiro atoms. The van der Waals surface area contributed by atoms with Gasteiger partial charge in [-0.2, -0.15) is 5.26 Å². The first-order valence-electron chi connectivity index (χ1n) is 6.57. The number of nitriles is 1. The minimum atomic E-state index is -3.66. The molecular formula is C14H22ClN3O2S. The molecule has 0 radical (unpaired) electrons. The molecule has 118 valence electrons. The summed E-state index contributed by atoms with van der Waals surface area (Å²) in [7, 11) is -3.66. The second-order valence-corrected chi connectivity index (χ2v) is 6.72. The highest BCUT2D eigenvalue weighted by molar-refractivity contribution is 7.89. The molecule has 1 aromatic carbocycles. The van der Waals surface area contributed by atoms with Crippen LogP contribution < -0.4 is 10.5 Å². The molecule has 0 amide bonds. The van der Waals surface area contributed by atoms with Gasteiger partial charge < -0.3 is 5.73 Å². The van der Waals surface area contributed by atoms with Crippen molar-refractivity contribution in [1.82, 2.24) is 4.72 Å². The van der Waals surface area contributed by atoms with Crippen molar-refractivity contribution in [1.29, 1.82) is 5.26 Å². The maximum atomic E-state index is 12.3. The maximum Gasteiger partial charge on any atom is 0.240 e. The van der Waals surface area contributed by atoms with Crippen LogP contribution in [0.1, 0.15) is 37.8 Å². The van der Waals surface area contributed by atoms with Crippen LogP contribution in [-0.4, -0.2) is 20.5 Å². The van der Waals surface area contributed by atoms with Crippen LogP contribution in [-0.2, 0) is 10.0 Å². The predicted octanol–water partition coefficient (Wildman–Crippen LogP) is 2.08. The second kappa shape index (κ2) is 7.76. The van der Waals surface area contributed by atoms with Crippen LogP contribution in [0.5, 0.6) is 0 Å². The minimum absolute atomic E-state index is 0. The van der Waals surface area contributed by atoms with Crippen molar-refractivity contribution in [2.45, 2.75) is 44.0 Å². The molecule has 1 rings (SSSR count). The van der Waals surface area contributed by atoms with Gasteiger partial charge in [0.05, 0.1) is 16.5 Å². The van der Waals surface area contributed by atoms with Crippen LogP contribution >= 0.6 is 12.4 Å². The molecule has 21 heavy (non-hydrogen) atoms. The third-order valence-corrected chi connectivity index (χ3v) is 5.17. The summed E-state index contributed by atoms with van der Waals surface area (Å²) in [5.74, 6) is 0. The van der Waals surface area contributed by atoms with Gasteiger partial charge in [0.25, 0.3) is 0 Å². The van der Waals surface area contributed by atoms with Crippen molar-refractivity contribution in [3.8, 4) is 6.07 Å². The lowest BCUT2D eigenvalue weighted by atomic mass is 9.95. The Morgan fingerprint density at radius 3 is 2.38 bits per heavy atom. The number of nitrogens with one attached hydrogen (secondary N) is 1. The Kier molecular flexibility index (Phi) is 7.34. The number of halogens is 1. The molecule has 0 bridgehead atoms. The van der Waals surface area contributed by atoms with Gasteiger partial charge in [-0.25, -0.2) is 13.1 Å². The molecule has 0 aliphatic heterocycles. The molecule has 0 aliphatic carbocycles. The Balaban J connectivity index is 0.00000400. The number of hydrogen-bond acceptors (Lipinski definition) is 4. The molecule has 5 nitrogen and oxygen atoms in total. The average molecular weight is 332 g/mol. The molecular weight excluding hydrogens is 310 g/mol. The standard InChI is InChI=1S/C14H21N3O2S.ClH/c1-4-14(16,5-2)10-17-20(18,19)13-8-12(9-15)7-6-11(13)3;/h6-8,17H,4-5,10,16H2,1-3H3;1H. The zero-order valence-electron chi connectivity index (χ0n) is 12.5. The molecule has 0 aliphatic rings. The van der Waals surface area contributed by atoms with Gasteiger partial charge in [0.2, 0.25) is 10.0 Å². The molecule has 0 atom stereocenters. The largest absolute Gasteiger partial charge is 0.324 e. The third kappa shape index (κ3) is 4.97. The van der Waals surface area contributed by atoms with Crippen LogP contribution in [0, 0.1) is 18.3 Å². The van der Waals surface area contributed by atoms with E-state index in [0.29, 0.717) is 24.0 Å². The number of nitrogens with two attached hydrogens (primary N) is 1. The van der Waals surface area contributed by atoms with Crippen molar-refractivity contribution < 1.29 is 8.42 Å². The fourth-order valence-corrected chi connectivity index (χ4v) is 3.18. The van der Waals surface area contributed by atoms with Gasteiger partial charge in [-0.15, -0.1) is 12.4 Å². The summed E-state index contributed by atoms with van der Waals surface area (Å²) < 4.78 is 27.2. The molecule has 0 aromatic heterocycles. The number of aryl methyl sites for hydroxylation is 1. The van der Waals surface area contributed by atoms with E-state index in [1.807, 2.05) is 19.9 Å². The number of sulfonamides is 1.